The zero-order valence-electron chi connectivity index (χ0n) is 10.2. The Hall–Kier alpha value is -1.29. The number of rotatable bonds is 3. The molecule has 2 heterocycles. The molecule has 1 aromatic heterocycles. The molecule has 1 aliphatic rings. The maximum absolute atomic E-state index is 11.2. The minimum absolute atomic E-state index is 0.358. The van der Waals surface area contributed by atoms with Gasteiger partial charge < -0.3 is 9.52 Å². The highest BCUT2D eigenvalue weighted by Gasteiger charge is 2.27. The highest BCUT2D eigenvalue weighted by Crippen LogP contribution is 2.20. The van der Waals surface area contributed by atoms with Crippen LogP contribution >= 0.6 is 0 Å². The highest BCUT2D eigenvalue weighted by molar-refractivity contribution is 5.73. The Morgan fingerprint density at radius 1 is 1.47 bits per heavy atom. The van der Waals surface area contributed by atoms with Gasteiger partial charge in [-0.25, -0.2) is 0 Å². The van der Waals surface area contributed by atoms with Gasteiger partial charge in [-0.05, 0) is 38.4 Å². The van der Waals surface area contributed by atoms with Crippen molar-refractivity contribution in [3.05, 3.63) is 23.7 Å². The van der Waals surface area contributed by atoms with E-state index in [0.717, 1.165) is 43.7 Å². The summed E-state index contributed by atoms with van der Waals surface area (Å²) < 4.78 is 5.52. The van der Waals surface area contributed by atoms with Gasteiger partial charge in [-0.2, -0.15) is 0 Å². The van der Waals surface area contributed by atoms with Gasteiger partial charge in [0.15, 0.2) is 0 Å². The lowest BCUT2D eigenvalue weighted by Crippen LogP contribution is -2.40. The number of carbonyl (C=O) groups is 1. The van der Waals surface area contributed by atoms with Crippen LogP contribution in [0.1, 0.15) is 37.2 Å². The van der Waals surface area contributed by atoms with Crippen molar-refractivity contribution in [1.29, 1.82) is 0 Å². The number of hydrogen-bond acceptors (Lipinski definition) is 3. The fourth-order valence-corrected chi connectivity index (χ4v) is 2.41. The molecule has 4 nitrogen and oxygen atoms in total. The van der Waals surface area contributed by atoms with E-state index >= 15 is 0 Å². The average molecular weight is 237 g/mol. The molecule has 1 aliphatic heterocycles. The predicted molar refractivity (Wildman–Crippen MR) is 63.7 cm³/mol. The topological polar surface area (TPSA) is 53.7 Å². The Morgan fingerprint density at radius 2 is 2.29 bits per heavy atom. The van der Waals surface area contributed by atoms with Crippen LogP contribution in [0.2, 0.25) is 0 Å². The number of likely N-dealkylation sites (tertiary alicyclic amines) is 1. The van der Waals surface area contributed by atoms with Crippen molar-refractivity contribution in [2.75, 3.05) is 6.54 Å². The average Bonchev–Trinajstić information content (AvgIpc) is 2.55. The minimum Gasteiger partial charge on any atom is -0.480 e. The van der Waals surface area contributed by atoms with Crippen molar-refractivity contribution in [3.63, 3.8) is 0 Å². The van der Waals surface area contributed by atoms with Crippen LogP contribution in [0.4, 0.5) is 0 Å². The summed E-state index contributed by atoms with van der Waals surface area (Å²) in [5.74, 6) is 1.02. The maximum Gasteiger partial charge on any atom is 0.320 e. The van der Waals surface area contributed by atoms with Crippen LogP contribution in [0.5, 0.6) is 0 Å². The van der Waals surface area contributed by atoms with Crippen molar-refractivity contribution in [1.82, 2.24) is 4.90 Å². The lowest BCUT2D eigenvalue weighted by Gasteiger charge is -2.25. The molecular weight excluding hydrogens is 218 g/mol. The lowest BCUT2D eigenvalue weighted by molar-refractivity contribution is -0.143. The molecule has 1 fully saturated rings. The van der Waals surface area contributed by atoms with Gasteiger partial charge in [0.25, 0.3) is 0 Å². The minimum atomic E-state index is -0.713. The second-order valence-corrected chi connectivity index (χ2v) is 4.69. The highest BCUT2D eigenvalue weighted by atomic mass is 16.4. The molecular formula is C13H19NO3. The summed E-state index contributed by atoms with van der Waals surface area (Å²) in [7, 11) is 0. The zero-order valence-corrected chi connectivity index (χ0v) is 10.2. The number of nitrogens with zero attached hydrogens (tertiary/aromatic N) is 1. The Balaban J connectivity index is 2.07. The summed E-state index contributed by atoms with van der Waals surface area (Å²) >= 11 is 0. The summed E-state index contributed by atoms with van der Waals surface area (Å²) in [6, 6.07) is 3.49. The van der Waals surface area contributed by atoms with Crippen LogP contribution in [0, 0.1) is 6.92 Å². The third-order valence-electron chi connectivity index (χ3n) is 3.30. The van der Waals surface area contributed by atoms with Gasteiger partial charge >= 0.3 is 5.97 Å². The number of hydrogen-bond donors (Lipinski definition) is 1. The molecule has 1 saturated heterocycles. The third kappa shape index (κ3) is 3.09. The molecule has 0 saturated carbocycles. The van der Waals surface area contributed by atoms with Gasteiger partial charge in [-0.3, -0.25) is 9.69 Å². The number of carboxylic acids is 1. The zero-order chi connectivity index (χ0) is 12.3. The molecule has 0 radical (unpaired) electrons. The number of aliphatic carboxylic acids is 1. The van der Waals surface area contributed by atoms with Crippen molar-refractivity contribution < 1.29 is 14.3 Å². The molecule has 0 bridgehead atoms. The summed E-state index contributed by atoms with van der Waals surface area (Å²) in [6.07, 6.45) is 3.95. The molecule has 94 valence electrons. The first-order chi connectivity index (χ1) is 8.16. The monoisotopic (exact) mass is 237 g/mol. The molecule has 4 heteroatoms. The fourth-order valence-electron chi connectivity index (χ4n) is 2.41. The van der Waals surface area contributed by atoms with E-state index in [-0.39, 0.29) is 6.04 Å². The number of carboxylic acid groups (broad SMARTS) is 1. The lowest BCUT2D eigenvalue weighted by atomic mass is 10.1. The van der Waals surface area contributed by atoms with E-state index in [9.17, 15) is 9.90 Å². The van der Waals surface area contributed by atoms with Crippen LogP contribution in [-0.4, -0.2) is 28.6 Å². The van der Waals surface area contributed by atoms with E-state index in [4.69, 9.17) is 4.42 Å². The van der Waals surface area contributed by atoms with Crippen LogP contribution in [0.25, 0.3) is 0 Å². The first-order valence-electron chi connectivity index (χ1n) is 6.19. The van der Waals surface area contributed by atoms with Gasteiger partial charge in [0.05, 0.1) is 6.54 Å². The summed E-state index contributed by atoms with van der Waals surface area (Å²) in [5.41, 5.74) is 0. The smallest absolute Gasteiger partial charge is 0.320 e. The Bertz CT molecular complexity index is 386. The first-order valence-corrected chi connectivity index (χ1v) is 6.19. The molecule has 0 amide bonds. The Labute approximate surface area is 101 Å². The maximum atomic E-state index is 11.2. The van der Waals surface area contributed by atoms with Crippen LogP contribution in [0.15, 0.2) is 16.5 Å². The molecule has 0 aliphatic carbocycles. The third-order valence-corrected chi connectivity index (χ3v) is 3.30. The molecule has 1 N–H and O–H groups in total. The van der Waals surface area contributed by atoms with Gasteiger partial charge in [0.1, 0.15) is 17.6 Å². The second kappa shape index (κ2) is 5.36. The second-order valence-electron chi connectivity index (χ2n) is 4.69. The van der Waals surface area contributed by atoms with E-state index in [0.29, 0.717) is 6.54 Å². The molecule has 1 unspecified atom stereocenters. The van der Waals surface area contributed by atoms with E-state index in [1.54, 1.807) is 0 Å². The van der Waals surface area contributed by atoms with Gasteiger partial charge in [0.2, 0.25) is 0 Å². The van der Waals surface area contributed by atoms with Crippen LogP contribution < -0.4 is 0 Å². The molecule has 2 rings (SSSR count). The standard InChI is InChI=1S/C13H19NO3/c1-10-6-7-11(17-10)9-14-8-4-2-3-5-12(14)13(15)16/h6-7,12H,2-5,8-9H2,1H3,(H,15,16). The summed E-state index contributed by atoms with van der Waals surface area (Å²) in [5, 5.41) is 9.24. The van der Waals surface area contributed by atoms with E-state index in [1.807, 2.05) is 24.0 Å². The summed E-state index contributed by atoms with van der Waals surface area (Å²) in [6.45, 7) is 3.35. The normalized spacial score (nSPS) is 22.3. The molecule has 1 aromatic rings. The fraction of sp³-hybridized carbons (Fsp3) is 0.615. The van der Waals surface area contributed by atoms with Crippen molar-refractivity contribution in [2.24, 2.45) is 0 Å². The largest absolute Gasteiger partial charge is 0.480 e. The Kier molecular flexibility index (Phi) is 3.84. The summed E-state index contributed by atoms with van der Waals surface area (Å²) in [4.78, 5) is 13.3. The van der Waals surface area contributed by atoms with Crippen LogP contribution in [-0.2, 0) is 11.3 Å². The van der Waals surface area contributed by atoms with E-state index in [1.165, 1.54) is 0 Å². The van der Waals surface area contributed by atoms with Crippen LogP contribution in [0.3, 0.4) is 0 Å². The number of furan rings is 1. The Morgan fingerprint density at radius 3 is 2.94 bits per heavy atom. The molecule has 1 atom stereocenters. The SMILES string of the molecule is Cc1ccc(CN2CCCCCC2C(=O)O)o1. The van der Waals surface area contributed by atoms with Gasteiger partial charge in [0, 0.05) is 0 Å². The van der Waals surface area contributed by atoms with Crippen molar-refractivity contribution in [3.8, 4) is 0 Å². The molecule has 0 aromatic carbocycles. The van der Waals surface area contributed by atoms with Crippen molar-refractivity contribution >= 4 is 5.97 Å². The predicted octanol–water partition coefficient (Wildman–Crippen LogP) is 2.42. The van der Waals surface area contributed by atoms with Crippen molar-refractivity contribution in [2.45, 2.75) is 45.2 Å². The van der Waals surface area contributed by atoms with Gasteiger partial charge in [-0.1, -0.05) is 12.8 Å². The quantitative estimate of drug-likeness (QED) is 0.877. The van der Waals surface area contributed by atoms with E-state index in [2.05, 4.69) is 0 Å². The van der Waals surface area contributed by atoms with Gasteiger partial charge in [-0.15, -0.1) is 0 Å². The molecule has 17 heavy (non-hydrogen) atoms. The first kappa shape index (κ1) is 12.2. The number of aryl methyl sites for hydroxylation is 1. The van der Waals surface area contributed by atoms with E-state index < -0.39 is 5.97 Å². The molecule has 0 spiro atoms.